The number of ether oxygens (including phenoxy) is 1. The van der Waals surface area contributed by atoms with E-state index in [9.17, 15) is 9.59 Å². The third-order valence-electron chi connectivity index (χ3n) is 4.85. The zero-order chi connectivity index (χ0) is 16.7. The molecule has 24 heavy (non-hydrogen) atoms. The van der Waals surface area contributed by atoms with Gasteiger partial charge in [0.15, 0.2) is 0 Å². The maximum atomic E-state index is 12.4. The summed E-state index contributed by atoms with van der Waals surface area (Å²) in [5.74, 6) is -0.530. The van der Waals surface area contributed by atoms with Crippen molar-refractivity contribution in [3.05, 3.63) is 69.7 Å². The van der Waals surface area contributed by atoms with E-state index in [1.807, 2.05) is 24.3 Å². The summed E-state index contributed by atoms with van der Waals surface area (Å²) in [4.78, 5) is 24.0. The molecule has 4 nitrogen and oxygen atoms in total. The Morgan fingerprint density at radius 2 is 1.92 bits per heavy atom. The maximum absolute atomic E-state index is 12.4. The third kappa shape index (κ3) is 2.67. The number of amides is 1. The van der Waals surface area contributed by atoms with E-state index < -0.39 is 0 Å². The van der Waals surface area contributed by atoms with Gasteiger partial charge in [0.25, 0.3) is 5.91 Å². The van der Waals surface area contributed by atoms with E-state index in [4.69, 9.17) is 16.3 Å². The number of nitrogens with one attached hydrogen (secondary N) is 1. The predicted octanol–water partition coefficient (Wildman–Crippen LogP) is 3.47. The number of esters is 1. The van der Waals surface area contributed by atoms with Crippen molar-refractivity contribution < 1.29 is 14.3 Å². The van der Waals surface area contributed by atoms with E-state index in [-0.39, 0.29) is 23.9 Å². The number of halogens is 1. The topological polar surface area (TPSA) is 55.4 Å². The molecule has 4 rings (SSSR count). The summed E-state index contributed by atoms with van der Waals surface area (Å²) in [6, 6.07) is 12.9. The molecule has 0 aromatic heterocycles. The van der Waals surface area contributed by atoms with Gasteiger partial charge in [-0.1, -0.05) is 29.8 Å². The van der Waals surface area contributed by atoms with Crippen LogP contribution >= 0.6 is 11.6 Å². The fraction of sp³-hybridized carbons (Fsp3) is 0.263. The minimum Gasteiger partial charge on any atom is -0.457 e. The molecular formula is C19H16ClNO3. The summed E-state index contributed by atoms with van der Waals surface area (Å²) in [5, 5.41) is 3.71. The zero-order valence-corrected chi connectivity index (χ0v) is 13.7. The van der Waals surface area contributed by atoms with Gasteiger partial charge in [-0.15, -0.1) is 0 Å². The lowest BCUT2D eigenvalue weighted by Gasteiger charge is -2.17. The highest BCUT2D eigenvalue weighted by molar-refractivity contribution is 6.30. The van der Waals surface area contributed by atoms with Crippen molar-refractivity contribution in [1.29, 1.82) is 0 Å². The first-order valence-corrected chi connectivity index (χ1v) is 8.30. The molecule has 0 atom stereocenters. The molecule has 0 radical (unpaired) electrons. The normalized spacial score (nSPS) is 17.1. The summed E-state index contributed by atoms with van der Waals surface area (Å²) in [7, 11) is 0. The Bertz CT molecular complexity index is 825. The Kier molecular flexibility index (Phi) is 3.57. The van der Waals surface area contributed by atoms with Gasteiger partial charge in [0, 0.05) is 28.1 Å². The Hall–Kier alpha value is -2.33. The second-order valence-corrected chi connectivity index (χ2v) is 6.85. The van der Waals surface area contributed by atoms with E-state index in [1.54, 1.807) is 18.2 Å². The van der Waals surface area contributed by atoms with Gasteiger partial charge < -0.3 is 10.1 Å². The van der Waals surface area contributed by atoms with Crippen LogP contribution in [-0.2, 0) is 16.8 Å². The molecule has 1 saturated carbocycles. The van der Waals surface area contributed by atoms with Gasteiger partial charge in [-0.3, -0.25) is 4.79 Å². The Labute approximate surface area is 144 Å². The monoisotopic (exact) mass is 341 g/mol. The number of hydrogen-bond donors (Lipinski definition) is 1. The van der Waals surface area contributed by atoms with E-state index in [0.717, 1.165) is 18.4 Å². The van der Waals surface area contributed by atoms with Crippen molar-refractivity contribution in [2.45, 2.75) is 24.9 Å². The van der Waals surface area contributed by atoms with Crippen LogP contribution in [0.2, 0.25) is 5.02 Å². The van der Waals surface area contributed by atoms with Crippen molar-refractivity contribution in [3.8, 4) is 0 Å². The smallest absolute Gasteiger partial charge is 0.338 e. The second-order valence-electron chi connectivity index (χ2n) is 6.42. The molecule has 1 aliphatic carbocycles. The second kappa shape index (κ2) is 5.64. The molecule has 2 aromatic rings. The molecule has 0 spiro atoms. The Morgan fingerprint density at radius 1 is 1.17 bits per heavy atom. The van der Waals surface area contributed by atoms with Crippen LogP contribution in [0.5, 0.6) is 0 Å². The van der Waals surface area contributed by atoms with E-state index in [0.29, 0.717) is 22.7 Å². The van der Waals surface area contributed by atoms with Crippen LogP contribution in [0, 0.1) is 0 Å². The molecule has 0 bridgehead atoms. The molecule has 1 amide bonds. The molecule has 0 unspecified atom stereocenters. The van der Waals surface area contributed by atoms with Gasteiger partial charge in [-0.25, -0.2) is 4.79 Å². The van der Waals surface area contributed by atoms with Crippen LogP contribution in [0.15, 0.2) is 42.5 Å². The van der Waals surface area contributed by atoms with Gasteiger partial charge in [0.2, 0.25) is 0 Å². The van der Waals surface area contributed by atoms with Crippen molar-refractivity contribution in [1.82, 2.24) is 5.32 Å². The van der Waals surface area contributed by atoms with Gasteiger partial charge in [-0.2, -0.15) is 0 Å². The van der Waals surface area contributed by atoms with E-state index in [1.165, 1.54) is 5.56 Å². The van der Waals surface area contributed by atoms with Crippen molar-refractivity contribution >= 4 is 23.5 Å². The van der Waals surface area contributed by atoms with Crippen LogP contribution < -0.4 is 5.32 Å². The van der Waals surface area contributed by atoms with Crippen LogP contribution in [-0.4, -0.2) is 18.4 Å². The van der Waals surface area contributed by atoms with Crippen LogP contribution in [0.25, 0.3) is 0 Å². The quantitative estimate of drug-likeness (QED) is 0.866. The van der Waals surface area contributed by atoms with Crippen LogP contribution in [0.4, 0.5) is 0 Å². The largest absolute Gasteiger partial charge is 0.457 e. The lowest BCUT2D eigenvalue weighted by molar-refractivity contribution is 0.0535. The molecule has 2 aliphatic rings. The lowest BCUT2D eigenvalue weighted by Crippen LogP contribution is -2.32. The number of carbonyl (C=O) groups excluding carboxylic acids is 2. The Balaban J connectivity index is 1.46. The SMILES string of the molecule is O=C(NCC1(c2ccc(Cl)cc2)CC1)c1ccc2c(c1)C(=O)OC2. The van der Waals surface area contributed by atoms with Gasteiger partial charge in [0.05, 0.1) is 5.56 Å². The number of benzene rings is 2. The molecule has 5 heteroatoms. The summed E-state index contributed by atoms with van der Waals surface area (Å²) >= 11 is 5.94. The number of cyclic esters (lactones) is 1. The average Bonchev–Trinajstić information content (AvgIpc) is 3.31. The fourth-order valence-corrected chi connectivity index (χ4v) is 3.25. The lowest BCUT2D eigenvalue weighted by atomic mass is 9.96. The summed E-state index contributed by atoms with van der Waals surface area (Å²) in [6.07, 6.45) is 2.09. The van der Waals surface area contributed by atoms with Gasteiger partial charge in [-0.05, 0) is 42.7 Å². The molecular weight excluding hydrogens is 326 g/mol. The minimum atomic E-state index is -0.362. The third-order valence-corrected chi connectivity index (χ3v) is 5.10. The fourth-order valence-electron chi connectivity index (χ4n) is 3.13. The zero-order valence-electron chi connectivity index (χ0n) is 13.0. The van der Waals surface area contributed by atoms with Crippen molar-refractivity contribution in [2.75, 3.05) is 6.54 Å². The summed E-state index contributed by atoms with van der Waals surface area (Å²) in [5.41, 5.74) is 3.01. The minimum absolute atomic E-state index is 0.00983. The van der Waals surface area contributed by atoms with Gasteiger partial charge in [0.1, 0.15) is 6.61 Å². The predicted molar refractivity (Wildman–Crippen MR) is 90.3 cm³/mol. The molecule has 0 saturated heterocycles. The van der Waals surface area contributed by atoms with E-state index >= 15 is 0 Å². The standard InChI is InChI=1S/C19H16ClNO3/c20-15-5-3-14(4-6-15)19(7-8-19)11-21-17(22)12-1-2-13-10-24-18(23)16(13)9-12/h1-6,9H,7-8,10-11H2,(H,21,22). The average molecular weight is 342 g/mol. The highest BCUT2D eigenvalue weighted by atomic mass is 35.5. The van der Waals surface area contributed by atoms with E-state index in [2.05, 4.69) is 5.32 Å². The van der Waals surface area contributed by atoms with Crippen LogP contribution in [0.1, 0.15) is 44.7 Å². The highest BCUT2D eigenvalue weighted by Crippen LogP contribution is 2.47. The van der Waals surface area contributed by atoms with Gasteiger partial charge >= 0.3 is 5.97 Å². The molecule has 1 N–H and O–H groups in total. The summed E-state index contributed by atoms with van der Waals surface area (Å²) in [6.45, 7) is 0.866. The maximum Gasteiger partial charge on any atom is 0.338 e. The first kappa shape index (κ1) is 15.2. The van der Waals surface area contributed by atoms with Crippen molar-refractivity contribution in [3.63, 3.8) is 0 Å². The molecule has 122 valence electrons. The number of rotatable bonds is 4. The Morgan fingerprint density at radius 3 is 2.62 bits per heavy atom. The molecule has 1 heterocycles. The van der Waals surface area contributed by atoms with Crippen molar-refractivity contribution in [2.24, 2.45) is 0 Å². The number of fused-ring (bicyclic) bond motifs is 1. The number of carbonyl (C=O) groups is 2. The first-order chi connectivity index (χ1) is 11.6. The first-order valence-electron chi connectivity index (χ1n) is 7.92. The molecule has 1 aliphatic heterocycles. The van der Waals surface area contributed by atoms with Crippen LogP contribution in [0.3, 0.4) is 0 Å². The summed E-state index contributed by atoms with van der Waals surface area (Å²) < 4.78 is 4.97. The number of hydrogen-bond acceptors (Lipinski definition) is 3. The molecule has 1 fully saturated rings. The molecule has 2 aromatic carbocycles. The highest BCUT2D eigenvalue weighted by Gasteiger charge is 2.44.